The van der Waals surface area contributed by atoms with Gasteiger partial charge in [-0.05, 0) is 25.8 Å². The molecule has 0 bridgehead atoms. The number of unbranched alkanes of at least 4 members (excludes halogenated alkanes) is 1. The average Bonchev–Trinajstić information content (AvgIpc) is 2.81. The van der Waals surface area contributed by atoms with Gasteiger partial charge in [0.2, 0.25) is 5.95 Å². The maximum Gasteiger partial charge on any atom is 0.223 e. The Morgan fingerprint density at radius 3 is 2.90 bits per heavy atom. The van der Waals surface area contributed by atoms with Crippen molar-refractivity contribution >= 4 is 33.3 Å². The molecule has 0 aliphatic rings. The van der Waals surface area contributed by atoms with Gasteiger partial charge in [0.25, 0.3) is 0 Å². The normalized spacial score (nSPS) is 11.1. The van der Waals surface area contributed by atoms with Gasteiger partial charge in [-0.1, -0.05) is 0 Å². The summed E-state index contributed by atoms with van der Waals surface area (Å²) in [6.07, 6.45) is 2.02. The fourth-order valence-corrected chi connectivity index (χ4v) is 2.86. The van der Waals surface area contributed by atoms with Crippen LogP contribution in [0, 0.1) is 6.92 Å². The topological polar surface area (TPSA) is 82.3 Å². The van der Waals surface area contributed by atoms with Crippen LogP contribution in [0.4, 0.5) is 11.8 Å². The summed E-state index contributed by atoms with van der Waals surface area (Å²) in [4.78, 5) is 10.7. The molecule has 0 aliphatic heterocycles. The van der Waals surface area contributed by atoms with E-state index in [-0.39, 0.29) is 0 Å². The molecule has 0 amide bonds. The first-order chi connectivity index (χ1) is 10.2. The summed E-state index contributed by atoms with van der Waals surface area (Å²) in [5.41, 5.74) is 5.74. The van der Waals surface area contributed by atoms with E-state index >= 15 is 0 Å². The first-order valence-electron chi connectivity index (χ1n) is 7.05. The second-order valence-corrected chi connectivity index (χ2v) is 5.98. The Balaban J connectivity index is 1.78. The number of aryl methyl sites for hydroxylation is 1. The van der Waals surface area contributed by atoms with Gasteiger partial charge < -0.3 is 20.5 Å². The van der Waals surface area contributed by atoms with E-state index in [2.05, 4.69) is 28.3 Å². The molecule has 21 heavy (non-hydrogen) atoms. The van der Waals surface area contributed by atoms with E-state index < -0.39 is 0 Å². The third-order valence-electron chi connectivity index (χ3n) is 2.97. The highest BCUT2D eigenvalue weighted by molar-refractivity contribution is 7.18. The number of ether oxygens (including phenoxy) is 2. The maximum absolute atomic E-state index is 5.74. The number of anilines is 2. The number of aromatic nitrogens is 2. The molecule has 0 aromatic carbocycles. The molecule has 2 heterocycles. The Hall–Kier alpha value is -1.44. The molecule has 0 saturated carbocycles. The fourth-order valence-electron chi connectivity index (χ4n) is 1.97. The van der Waals surface area contributed by atoms with Crippen molar-refractivity contribution in [3.8, 4) is 0 Å². The van der Waals surface area contributed by atoms with Crippen molar-refractivity contribution in [3.05, 3.63) is 10.9 Å². The lowest BCUT2D eigenvalue weighted by Gasteiger charge is -2.07. The molecule has 2 aromatic heterocycles. The highest BCUT2D eigenvalue weighted by Crippen LogP contribution is 2.28. The molecular formula is C14H22N4O2S. The third-order valence-corrected chi connectivity index (χ3v) is 3.92. The van der Waals surface area contributed by atoms with Crippen molar-refractivity contribution in [3.63, 3.8) is 0 Å². The summed E-state index contributed by atoms with van der Waals surface area (Å²) in [6, 6.07) is 2.09. The number of rotatable bonds is 9. The van der Waals surface area contributed by atoms with Crippen LogP contribution in [0.5, 0.6) is 0 Å². The van der Waals surface area contributed by atoms with Gasteiger partial charge in [-0.15, -0.1) is 11.3 Å². The van der Waals surface area contributed by atoms with E-state index in [9.17, 15) is 0 Å². The Labute approximate surface area is 128 Å². The number of thiophene rings is 1. The lowest BCUT2D eigenvalue weighted by molar-refractivity contribution is 0.0691. The number of hydrogen-bond acceptors (Lipinski definition) is 7. The van der Waals surface area contributed by atoms with Crippen LogP contribution in [0.1, 0.15) is 17.7 Å². The molecule has 0 unspecified atom stereocenters. The zero-order chi connectivity index (χ0) is 15.1. The highest BCUT2D eigenvalue weighted by atomic mass is 32.1. The molecule has 0 spiro atoms. The van der Waals surface area contributed by atoms with Crippen molar-refractivity contribution in [1.82, 2.24) is 9.97 Å². The van der Waals surface area contributed by atoms with Crippen molar-refractivity contribution in [1.29, 1.82) is 0 Å². The fraction of sp³-hybridized carbons (Fsp3) is 0.571. The molecular weight excluding hydrogens is 288 g/mol. The summed E-state index contributed by atoms with van der Waals surface area (Å²) in [7, 11) is 1.67. The summed E-state index contributed by atoms with van der Waals surface area (Å²) in [5, 5.41) is 4.38. The molecule has 0 saturated heterocycles. The van der Waals surface area contributed by atoms with Gasteiger partial charge in [0, 0.05) is 25.1 Å². The average molecular weight is 310 g/mol. The Bertz CT molecular complexity index is 573. The summed E-state index contributed by atoms with van der Waals surface area (Å²) in [5.74, 6) is 1.14. The molecule has 0 fully saturated rings. The van der Waals surface area contributed by atoms with Crippen LogP contribution >= 0.6 is 11.3 Å². The predicted molar refractivity (Wildman–Crippen MR) is 87.0 cm³/mol. The van der Waals surface area contributed by atoms with E-state index in [1.165, 1.54) is 4.88 Å². The van der Waals surface area contributed by atoms with E-state index in [4.69, 9.17) is 15.2 Å². The molecule has 3 N–H and O–H groups in total. The number of nitrogen functional groups attached to an aromatic ring is 1. The van der Waals surface area contributed by atoms with Gasteiger partial charge in [0.05, 0.1) is 18.6 Å². The van der Waals surface area contributed by atoms with Crippen molar-refractivity contribution < 1.29 is 9.47 Å². The third kappa shape index (κ3) is 4.80. The van der Waals surface area contributed by atoms with Crippen LogP contribution < -0.4 is 11.1 Å². The number of nitrogens with two attached hydrogens (primary N) is 1. The maximum atomic E-state index is 5.74. The van der Waals surface area contributed by atoms with Gasteiger partial charge in [-0.2, -0.15) is 4.98 Å². The number of nitrogens with zero attached hydrogens (tertiary/aromatic N) is 2. The Kier molecular flexibility index (Phi) is 6.16. The minimum atomic E-state index is 0.315. The minimum Gasteiger partial charge on any atom is -0.382 e. The summed E-state index contributed by atoms with van der Waals surface area (Å²) in [6.45, 7) is 4.96. The largest absolute Gasteiger partial charge is 0.382 e. The summed E-state index contributed by atoms with van der Waals surface area (Å²) < 4.78 is 10.3. The van der Waals surface area contributed by atoms with Crippen LogP contribution in [0.2, 0.25) is 0 Å². The van der Waals surface area contributed by atoms with Crippen molar-refractivity contribution in [2.45, 2.75) is 19.8 Å². The van der Waals surface area contributed by atoms with Crippen LogP contribution in [-0.4, -0.2) is 43.4 Å². The zero-order valence-corrected chi connectivity index (χ0v) is 13.3. The highest BCUT2D eigenvalue weighted by Gasteiger charge is 2.08. The van der Waals surface area contributed by atoms with E-state index in [1.54, 1.807) is 18.4 Å². The quantitative estimate of drug-likeness (QED) is 0.692. The molecule has 2 rings (SSSR count). The predicted octanol–water partition coefficient (Wildman–Crippen LogP) is 2.44. The number of hydrogen-bond donors (Lipinski definition) is 2. The lowest BCUT2D eigenvalue weighted by Crippen LogP contribution is -2.08. The molecule has 0 aliphatic carbocycles. The lowest BCUT2D eigenvalue weighted by atomic mass is 10.3. The van der Waals surface area contributed by atoms with Crippen LogP contribution in [-0.2, 0) is 9.47 Å². The summed E-state index contributed by atoms with van der Waals surface area (Å²) >= 11 is 1.63. The number of fused-ring (bicyclic) bond motifs is 1. The standard InChI is InChI=1S/C14H22N4O2S/c1-10-9-11-12(17-14(15)18-13(11)21-10)16-5-3-4-6-20-8-7-19-2/h9H,3-8H2,1-2H3,(H3,15,16,17,18). The first kappa shape index (κ1) is 15.9. The van der Waals surface area contributed by atoms with Gasteiger partial charge in [0.15, 0.2) is 0 Å². The second kappa shape index (κ2) is 8.11. The SMILES string of the molecule is COCCOCCCCNc1nc(N)nc2sc(C)cc12. The molecule has 2 aromatic rings. The monoisotopic (exact) mass is 310 g/mol. The zero-order valence-electron chi connectivity index (χ0n) is 12.5. The van der Waals surface area contributed by atoms with Crippen LogP contribution in [0.15, 0.2) is 6.07 Å². The molecule has 7 heteroatoms. The van der Waals surface area contributed by atoms with E-state index in [0.29, 0.717) is 19.2 Å². The number of methoxy groups -OCH3 is 1. The van der Waals surface area contributed by atoms with E-state index in [0.717, 1.165) is 42.0 Å². The molecule has 116 valence electrons. The van der Waals surface area contributed by atoms with Crippen molar-refractivity contribution in [2.75, 3.05) is 44.5 Å². The van der Waals surface area contributed by atoms with Crippen LogP contribution in [0.3, 0.4) is 0 Å². The van der Waals surface area contributed by atoms with Gasteiger partial charge >= 0.3 is 0 Å². The Morgan fingerprint density at radius 2 is 2.10 bits per heavy atom. The van der Waals surface area contributed by atoms with Gasteiger partial charge in [-0.3, -0.25) is 0 Å². The molecule has 0 atom stereocenters. The van der Waals surface area contributed by atoms with E-state index in [1.807, 2.05) is 0 Å². The van der Waals surface area contributed by atoms with Crippen molar-refractivity contribution in [2.24, 2.45) is 0 Å². The van der Waals surface area contributed by atoms with Gasteiger partial charge in [0.1, 0.15) is 10.6 Å². The smallest absolute Gasteiger partial charge is 0.223 e. The minimum absolute atomic E-state index is 0.315. The number of nitrogens with one attached hydrogen (secondary N) is 1. The Morgan fingerprint density at radius 1 is 1.24 bits per heavy atom. The molecule has 0 radical (unpaired) electrons. The van der Waals surface area contributed by atoms with Gasteiger partial charge in [-0.25, -0.2) is 4.98 Å². The molecule has 6 nitrogen and oxygen atoms in total. The van der Waals surface area contributed by atoms with Crippen LogP contribution in [0.25, 0.3) is 10.2 Å². The first-order valence-corrected chi connectivity index (χ1v) is 7.86. The second-order valence-electron chi connectivity index (χ2n) is 4.75.